The second-order valence-corrected chi connectivity index (χ2v) is 5.00. The summed E-state index contributed by atoms with van der Waals surface area (Å²) in [7, 11) is 1.87. The molecular formula is C12H18N4O. The van der Waals surface area contributed by atoms with Crippen molar-refractivity contribution in [2.45, 2.75) is 37.8 Å². The minimum Gasteiger partial charge on any atom is -0.308 e. The van der Waals surface area contributed by atoms with E-state index < -0.39 is 0 Å². The van der Waals surface area contributed by atoms with Crippen LogP contribution in [0.25, 0.3) is 0 Å². The van der Waals surface area contributed by atoms with Crippen LogP contribution in [0.2, 0.25) is 0 Å². The third-order valence-corrected chi connectivity index (χ3v) is 3.46. The topological polar surface area (TPSA) is 50.2 Å². The molecule has 1 aromatic rings. The first-order valence-corrected chi connectivity index (χ1v) is 6.30. The van der Waals surface area contributed by atoms with Gasteiger partial charge in [-0.25, -0.2) is 0 Å². The van der Waals surface area contributed by atoms with E-state index in [1.165, 1.54) is 12.8 Å². The van der Waals surface area contributed by atoms with Gasteiger partial charge in [0, 0.05) is 25.8 Å². The molecule has 5 heteroatoms. The van der Waals surface area contributed by atoms with Crippen LogP contribution in [0.1, 0.15) is 25.7 Å². The van der Waals surface area contributed by atoms with Crippen molar-refractivity contribution >= 4 is 11.6 Å². The number of rotatable bonds is 3. The van der Waals surface area contributed by atoms with Gasteiger partial charge in [0.1, 0.15) is 0 Å². The van der Waals surface area contributed by atoms with Crippen LogP contribution in [0.3, 0.4) is 0 Å². The highest BCUT2D eigenvalue weighted by Crippen LogP contribution is 2.24. The third-order valence-electron chi connectivity index (χ3n) is 3.46. The minimum atomic E-state index is 0.0106. The van der Waals surface area contributed by atoms with Crippen molar-refractivity contribution in [1.29, 1.82) is 0 Å². The molecular weight excluding hydrogens is 216 g/mol. The zero-order valence-electron chi connectivity index (χ0n) is 10.1. The second kappa shape index (κ2) is 4.14. The molecule has 0 radical (unpaired) electrons. The monoisotopic (exact) mass is 234 g/mol. The van der Waals surface area contributed by atoms with E-state index in [-0.39, 0.29) is 11.9 Å². The predicted molar refractivity (Wildman–Crippen MR) is 64.7 cm³/mol. The van der Waals surface area contributed by atoms with Gasteiger partial charge in [-0.15, -0.1) is 0 Å². The number of nitrogens with one attached hydrogen (secondary N) is 1. The average Bonchev–Trinajstić information content (AvgIpc) is 3.02. The van der Waals surface area contributed by atoms with E-state index >= 15 is 0 Å². The smallest absolute Gasteiger partial charge is 0.244 e. The van der Waals surface area contributed by atoms with Gasteiger partial charge in [-0.1, -0.05) is 0 Å². The number of hydrogen-bond donors (Lipinski definition) is 1. The molecule has 2 fully saturated rings. The van der Waals surface area contributed by atoms with Crippen LogP contribution in [0.4, 0.5) is 5.69 Å². The second-order valence-electron chi connectivity index (χ2n) is 5.00. The lowest BCUT2D eigenvalue weighted by atomic mass is 10.0. The molecule has 0 spiro atoms. The number of aryl methyl sites for hydroxylation is 1. The van der Waals surface area contributed by atoms with Crippen molar-refractivity contribution in [2.24, 2.45) is 7.05 Å². The highest BCUT2D eigenvalue weighted by atomic mass is 16.2. The first-order chi connectivity index (χ1) is 8.24. The van der Waals surface area contributed by atoms with Gasteiger partial charge in [0.15, 0.2) is 0 Å². The van der Waals surface area contributed by atoms with Crippen molar-refractivity contribution in [1.82, 2.24) is 15.1 Å². The van der Waals surface area contributed by atoms with E-state index in [4.69, 9.17) is 0 Å². The van der Waals surface area contributed by atoms with Gasteiger partial charge in [-0.3, -0.25) is 9.48 Å². The van der Waals surface area contributed by atoms with Crippen LogP contribution in [0.15, 0.2) is 12.4 Å². The van der Waals surface area contributed by atoms with Crippen LogP contribution < -0.4 is 10.2 Å². The van der Waals surface area contributed by atoms with Gasteiger partial charge < -0.3 is 10.2 Å². The van der Waals surface area contributed by atoms with Gasteiger partial charge in [-0.2, -0.15) is 5.10 Å². The standard InChI is InChI=1S/C12H18N4O/c1-15-8-10(7-13-15)16-6-2-3-11(12(16)17)14-9-4-5-9/h7-9,11,14H,2-6H2,1H3. The Morgan fingerprint density at radius 2 is 2.24 bits per heavy atom. The molecule has 2 heterocycles. The largest absolute Gasteiger partial charge is 0.308 e. The Morgan fingerprint density at radius 1 is 1.41 bits per heavy atom. The molecule has 92 valence electrons. The van der Waals surface area contributed by atoms with E-state index in [2.05, 4.69) is 10.4 Å². The van der Waals surface area contributed by atoms with Gasteiger partial charge >= 0.3 is 0 Å². The maximum Gasteiger partial charge on any atom is 0.244 e. The number of piperidine rings is 1. The van der Waals surface area contributed by atoms with E-state index in [1.807, 2.05) is 18.1 Å². The van der Waals surface area contributed by atoms with Gasteiger partial charge in [0.2, 0.25) is 5.91 Å². The minimum absolute atomic E-state index is 0.0106. The lowest BCUT2D eigenvalue weighted by Crippen LogP contribution is -2.51. The third kappa shape index (κ3) is 2.20. The first kappa shape index (κ1) is 10.8. The molecule has 1 amide bonds. The quantitative estimate of drug-likeness (QED) is 0.836. The Labute approximate surface area is 101 Å². The summed E-state index contributed by atoms with van der Waals surface area (Å²) in [6, 6.07) is 0.592. The van der Waals surface area contributed by atoms with Crippen LogP contribution in [-0.4, -0.2) is 34.3 Å². The summed E-state index contributed by atoms with van der Waals surface area (Å²) >= 11 is 0. The first-order valence-electron chi connectivity index (χ1n) is 6.30. The van der Waals surface area contributed by atoms with Crippen molar-refractivity contribution in [2.75, 3.05) is 11.4 Å². The Kier molecular flexibility index (Phi) is 2.63. The molecule has 2 aliphatic rings. The molecule has 5 nitrogen and oxygen atoms in total. The fourth-order valence-electron chi connectivity index (χ4n) is 2.37. The fraction of sp³-hybridized carbons (Fsp3) is 0.667. The molecule has 1 aliphatic heterocycles. The molecule has 1 atom stereocenters. The Bertz CT molecular complexity index is 424. The van der Waals surface area contributed by atoms with Crippen molar-refractivity contribution in [3.63, 3.8) is 0 Å². The lowest BCUT2D eigenvalue weighted by Gasteiger charge is -2.31. The Balaban J connectivity index is 1.73. The highest BCUT2D eigenvalue weighted by Gasteiger charge is 2.34. The summed E-state index contributed by atoms with van der Waals surface area (Å²) in [5.74, 6) is 0.205. The molecule has 1 aliphatic carbocycles. The zero-order valence-corrected chi connectivity index (χ0v) is 10.1. The molecule has 1 aromatic heterocycles. The molecule has 1 saturated heterocycles. The average molecular weight is 234 g/mol. The van der Waals surface area contributed by atoms with Crippen molar-refractivity contribution in [3.05, 3.63) is 12.4 Å². The lowest BCUT2D eigenvalue weighted by molar-refractivity contribution is -0.121. The van der Waals surface area contributed by atoms with Crippen molar-refractivity contribution < 1.29 is 4.79 Å². The molecule has 1 saturated carbocycles. The van der Waals surface area contributed by atoms with Crippen LogP contribution in [0.5, 0.6) is 0 Å². The maximum absolute atomic E-state index is 12.3. The molecule has 1 unspecified atom stereocenters. The predicted octanol–water partition coefficient (Wildman–Crippen LogP) is 0.667. The van der Waals surface area contributed by atoms with E-state index in [0.29, 0.717) is 6.04 Å². The van der Waals surface area contributed by atoms with Gasteiger partial charge in [-0.05, 0) is 25.7 Å². The maximum atomic E-state index is 12.3. The summed E-state index contributed by atoms with van der Waals surface area (Å²) in [6.45, 7) is 0.813. The van der Waals surface area contributed by atoms with E-state index in [9.17, 15) is 4.79 Å². The fourth-order valence-corrected chi connectivity index (χ4v) is 2.37. The molecule has 1 N–H and O–H groups in total. The highest BCUT2D eigenvalue weighted by molar-refractivity contribution is 5.97. The summed E-state index contributed by atoms with van der Waals surface area (Å²) in [5, 5.41) is 7.56. The zero-order chi connectivity index (χ0) is 11.8. The Morgan fingerprint density at radius 3 is 2.88 bits per heavy atom. The van der Waals surface area contributed by atoms with Gasteiger partial charge in [0.05, 0.1) is 17.9 Å². The van der Waals surface area contributed by atoms with E-state index in [0.717, 1.165) is 25.1 Å². The van der Waals surface area contributed by atoms with Crippen molar-refractivity contribution in [3.8, 4) is 0 Å². The summed E-state index contributed by atoms with van der Waals surface area (Å²) in [4.78, 5) is 14.2. The molecule has 0 bridgehead atoms. The van der Waals surface area contributed by atoms with Crippen LogP contribution in [-0.2, 0) is 11.8 Å². The number of anilines is 1. The SMILES string of the molecule is Cn1cc(N2CCCC(NC3CC3)C2=O)cn1. The molecule has 3 rings (SSSR count). The number of amides is 1. The number of aromatic nitrogens is 2. The van der Waals surface area contributed by atoms with E-state index in [1.54, 1.807) is 10.9 Å². The van der Waals surface area contributed by atoms with Crippen LogP contribution in [0, 0.1) is 0 Å². The summed E-state index contributed by atoms with van der Waals surface area (Å²) in [6.07, 6.45) is 8.12. The normalized spacial score (nSPS) is 25.4. The number of carbonyl (C=O) groups excluding carboxylic acids is 1. The summed E-state index contributed by atoms with van der Waals surface area (Å²) < 4.78 is 1.74. The number of nitrogens with zero attached hydrogens (tertiary/aromatic N) is 3. The Hall–Kier alpha value is -1.36. The molecule has 17 heavy (non-hydrogen) atoms. The molecule has 0 aromatic carbocycles. The van der Waals surface area contributed by atoms with Gasteiger partial charge in [0.25, 0.3) is 0 Å². The number of carbonyl (C=O) groups is 1. The van der Waals surface area contributed by atoms with Crippen LogP contribution >= 0.6 is 0 Å². The summed E-state index contributed by atoms with van der Waals surface area (Å²) in [5.41, 5.74) is 0.916. The number of hydrogen-bond acceptors (Lipinski definition) is 3.